The number of rotatable bonds is 11. The van der Waals surface area contributed by atoms with Crippen LogP contribution < -0.4 is 5.32 Å². The molecular weight excluding hydrogens is 663 g/mol. The Labute approximate surface area is 319 Å². The van der Waals surface area contributed by atoms with Gasteiger partial charge in [0.05, 0.1) is 25.5 Å². The molecule has 7 nitrogen and oxygen atoms in total. The molecule has 0 radical (unpaired) electrons. The first-order chi connectivity index (χ1) is 24.7. The molecule has 0 aliphatic heterocycles. The van der Waals surface area contributed by atoms with E-state index in [-0.39, 0.29) is 64.5 Å². The van der Waals surface area contributed by atoms with E-state index in [2.05, 4.69) is 53.4 Å². The smallest absolute Gasteiger partial charge is 0.306 e. The largest absolute Gasteiger partial charge is 0.481 e. The fourth-order valence-electron chi connectivity index (χ4n) is 14.3. The molecule has 0 unspecified atom stereocenters. The van der Waals surface area contributed by atoms with Crippen LogP contribution in [0.4, 0.5) is 0 Å². The third kappa shape index (κ3) is 6.82. The zero-order valence-corrected chi connectivity index (χ0v) is 34.1. The van der Waals surface area contributed by atoms with E-state index < -0.39 is 17.4 Å². The molecule has 0 bridgehead atoms. The van der Waals surface area contributed by atoms with E-state index in [1.54, 1.807) is 0 Å². The summed E-state index contributed by atoms with van der Waals surface area (Å²) in [6, 6.07) is 9.41. The Kier molecular flexibility index (Phi) is 10.7. The Hall–Kier alpha value is -2.67. The van der Waals surface area contributed by atoms with Crippen molar-refractivity contribution in [3.63, 3.8) is 0 Å². The highest BCUT2D eigenvalue weighted by molar-refractivity contribution is 5.77. The Morgan fingerprint density at radius 3 is 2.23 bits per heavy atom. The van der Waals surface area contributed by atoms with Crippen LogP contribution in [0.25, 0.3) is 0 Å². The second kappa shape index (κ2) is 14.1. The highest BCUT2D eigenvalue weighted by Crippen LogP contribution is 2.78. The number of ether oxygens (including phenoxy) is 1. The zero-order valence-electron chi connectivity index (χ0n) is 34.1. The van der Waals surface area contributed by atoms with Gasteiger partial charge in [-0.05, 0) is 133 Å². The minimum absolute atomic E-state index is 0.0537. The van der Waals surface area contributed by atoms with Crippen LogP contribution in [0.5, 0.6) is 0 Å². The number of aliphatic carboxylic acids is 1. The molecule has 5 fully saturated rings. The Morgan fingerprint density at radius 2 is 1.58 bits per heavy atom. The van der Waals surface area contributed by atoms with E-state index in [1.807, 2.05) is 44.2 Å². The van der Waals surface area contributed by atoms with Gasteiger partial charge < -0.3 is 20.3 Å². The van der Waals surface area contributed by atoms with Crippen molar-refractivity contribution in [2.45, 2.75) is 151 Å². The summed E-state index contributed by atoms with van der Waals surface area (Å²) in [7, 11) is 0. The van der Waals surface area contributed by atoms with E-state index >= 15 is 0 Å². The molecule has 1 aromatic rings. The summed E-state index contributed by atoms with van der Waals surface area (Å²) < 4.78 is 6.28. The number of carboxylic acids is 1. The predicted molar refractivity (Wildman–Crippen MR) is 209 cm³/mol. The molecule has 5 aliphatic carbocycles. The van der Waals surface area contributed by atoms with Gasteiger partial charge in [0.15, 0.2) is 0 Å². The van der Waals surface area contributed by atoms with Crippen molar-refractivity contribution in [1.82, 2.24) is 5.32 Å². The normalized spacial score (nSPS) is 39.3. The predicted octanol–water partition coefficient (Wildman–Crippen LogP) is 9.69. The number of benzene rings is 1. The lowest BCUT2D eigenvalue weighted by molar-refractivity contribution is -0.250. The average Bonchev–Trinajstić information content (AvgIpc) is 3.44. The van der Waals surface area contributed by atoms with Crippen molar-refractivity contribution in [2.24, 2.45) is 62.1 Å². The maximum absolute atomic E-state index is 14.0. The van der Waals surface area contributed by atoms with Gasteiger partial charge >= 0.3 is 11.9 Å². The Balaban J connectivity index is 1.22. The lowest BCUT2D eigenvalue weighted by Crippen LogP contribution is -2.67. The molecular formula is C46H69NO6. The molecule has 11 atom stereocenters. The van der Waals surface area contributed by atoms with E-state index in [1.165, 1.54) is 18.4 Å². The van der Waals surface area contributed by atoms with E-state index in [0.29, 0.717) is 36.0 Å². The standard InChI is InChI=1S/C46H69NO6/c1-29(2)31-17-22-46(25-37(49)47-33(28-48)30-13-11-10-12-14-30)24-23-44(8)32(40(31)46)15-16-35-43(7)20-19-36(42(5,6)34(43)18-21-45(35,44)9)53-39(52)27-41(3,4)26-38(50)51/h10-14,31-36,40,48H,1,15-28H2,2-9H3,(H,47,49)(H,50,51)/t31-,32+,33+,34-,35+,36-,40+,43-,44+,45+,46+/m0/s1. The number of nitrogens with one attached hydrogen (secondary N) is 1. The van der Waals surface area contributed by atoms with Crippen molar-refractivity contribution in [2.75, 3.05) is 6.61 Å². The second-order valence-electron chi connectivity index (χ2n) is 20.7. The van der Waals surface area contributed by atoms with Crippen molar-refractivity contribution in [3.05, 3.63) is 48.0 Å². The molecule has 0 spiro atoms. The molecule has 5 aliphatic rings. The number of amides is 1. The van der Waals surface area contributed by atoms with Gasteiger partial charge in [0.25, 0.3) is 0 Å². The number of aliphatic hydroxyl groups excluding tert-OH is 1. The first-order valence-corrected chi connectivity index (χ1v) is 20.7. The number of hydrogen-bond donors (Lipinski definition) is 3. The van der Waals surface area contributed by atoms with E-state index in [0.717, 1.165) is 56.9 Å². The van der Waals surface area contributed by atoms with Crippen LogP contribution in [0.3, 0.4) is 0 Å². The number of allylic oxidation sites excluding steroid dienone is 1. The number of esters is 1. The molecule has 0 saturated heterocycles. The van der Waals surface area contributed by atoms with Gasteiger partial charge in [-0.2, -0.15) is 0 Å². The van der Waals surface area contributed by atoms with Gasteiger partial charge in [-0.25, -0.2) is 0 Å². The van der Waals surface area contributed by atoms with Crippen LogP contribution in [0.2, 0.25) is 0 Å². The van der Waals surface area contributed by atoms with Crippen molar-refractivity contribution in [1.29, 1.82) is 0 Å². The maximum atomic E-state index is 14.0. The topological polar surface area (TPSA) is 113 Å². The summed E-state index contributed by atoms with van der Waals surface area (Å²) in [6.45, 7) is 22.8. The average molecular weight is 732 g/mol. The molecule has 6 rings (SSSR count). The van der Waals surface area contributed by atoms with Gasteiger partial charge in [0.1, 0.15) is 6.10 Å². The molecule has 0 heterocycles. The van der Waals surface area contributed by atoms with Crippen molar-refractivity contribution < 1.29 is 29.3 Å². The van der Waals surface area contributed by atoms with Crippen LogP contribution in [0.15, 0.2) is 42.5 Å². The summed E-state index contributed by atoms with van der Waals surface area (Å²) in [4.78, 5) is 38.6. The van der Waals surface area contributed by atoms with Gasteiger partial charge in [-0.1, -0.05) is 91.0 Å². The summed E-state index contributed by atoms with van der Waals surface area (Å²) in [6.07, 6.45) is 11.3. The molecule has 53 heavy (non-hydrogen) atoms. The molecule has 0 aromatic heterocycles. The third-order valence-corrected chi connectivity index (χ3v) is 16.9. The van der Waals surface area contributed by atoms with Gasteiger partial charge in [-0.15, -0.1) is 0 Å². The van der Waals surface area contributed by atoms with Crippen molar-refractivity contribution in [3.8, 4) is 0 Å². The first kappa shape index (κ1) is 40.0. The molecule has 1 aromatic carbocycles. The molecule has 1 amide bonds. The fourth-order valence-corrected chi connectivity index (χ4v) is 14.3. The molecule has 3 N–H and O–H groups in total. The Morgan fingerprint density at radius 1 is 0.887 bits per heavy atom. The van der Waals surface area contributed by atoms with Gasteiger partial charge in [0, 0.05) is 11.8 Å². The summed E-state index contributed by atoms with van der Waals surface area (Å²) in [5, 5.41) is 22.8. The highest BCUT2D eigenvalue weighted by atomic mass is 16.5. The number of carbonyl (C=O) groups is 3. The first-order valence-electron chi connectivity index (χ1n) is 20.7. The van der Waals surface area contributed by atoms with Gasteiger partial charge in [0.2, 0.25) is 5.91 Å². The number of aliphatic hydroxyl groups is 1. The summed E-state index contributed by atoms with van der Waals surface area (Å²) in [5.41, 5.74) is 1.75. The lowest BCUT2D eigenvalue weighted by atomic mass is 9.32. The third-order valence-electron chi connectivity index (χ3n) is 16.9. The van der Waals surface area contributed by atoms with Crippen molar-refractivity contribution >= 4 is 17.8 Å². The summed E-state index contributed by atoms with van der Waals surface area (Å²) >= 11 is 0. The Bertz CT molecular complexity index is 1570. The van der Waals surface area contributed by atoms with Crippen LogP contribution >= 0.6 is 0 Å². The SMILES string of the molecule is C=C(C)[C@@H]1CC[C@]2(CC(=O)N[C@H](CO)c3ccccc3)CC[C@]3(C)[C@H](CC[C@@H]4[C@@]5(C)CC[C@H](OC(=O)CC(C)(C)CC(=O)O)C(C)(C)[C@@H]5CC[C@]43C)[C@@H]12. The number of carboxylic acid groups (broad SMARTS) is 1. The second-order valence-corrected chi connectivity index (χ2v) is 20.7. The minimum Gasteiger partial charge on any atom is -0.481 e. The van der Waals surface area contributed by atoms with E-state index in [9.17, 15) is 24.6 Å². The fraction of sp³-hybridized carbons (Fsp3) is 0.761. The number of hydrogen-bond acceptors (Lipinski definition) is 5. The number of carbonyl (C=O) groups excluding carboxylic acids is 2. The quantitative estimate of drug-likeness (QED) is 0.154. The van der Waals surface area contributed by atoms with Gasteiger partial charge in [-0.3, -0.25) is 14.4 Å². The van der Waals surface area contributed by atoms with Crippen LogP contribution in [-0.2, 0) is 19.1 Å². The molecule has 5 saturated carbocycles. The van der Waals surface area contributed by atoms with Crippen LogP contribution in [-0.4, -0.2) is 40.8 Å². The zero-order chi connectivity index (χ0) is 38.8. The van der Waals surface area contributed by atoms with Crippen LogP contribution in [0.1, 0.15) is 150 Å². The summed E-state index contributed by atoms with van der Waals surface area (Å²) in [5.74, 6) is 1.26. The minimum atomic E-state index is -0.891. The number of fused-ring (bicyclic) bond motifs is 7. The maximum Gasteiger partial charge on any atom is 0.306 e. The van der Waals surface area contributed by atoms with Crippen LogP contribution in [0, 0.1) is 62.1 Å². The lowest BCUT2D eigenvalue weighted by Gasteiger charge is -2.73. The molecule has 294 valence electrons. The molecule has 7 heteroatoms. The highest BCUT2D eigenvalue weighted by Gasteiger charge is 2.71. The van der Waals surface area contributed by atoms with E-state index in [4.69, 9.17) is 4.74 Å². The monoisotopic (exact) mass is 732 g/mol.